The predicted molar refractivity (Wildman–Crippen MR) is 93.3 cm³/mol. The summed E-state index contributed by atoms with van der Waals surface area (Å²) in [6, 6.07) is 15.6. The minimum Gasteiger partial charge on any atom is -0.497 e. The first-order chi connectivity index (χ1) is 11.2. The van der Waals surface area contributed by atoms with Crippen LogP contribution in [0.15, 0.2) is 48.5 Å². The van der Waals surface area contributed by atoms with Gasteiger partial charge in [-0.2, -0.15) is 0 Å². The maximum atomic E-state index is 12.1. The Labute approximate surface area is 136 Å². The molecule has 1 aliphatic carbocycles. The van der Waals surface area contributed by atoms with Crippen LogP contribution in [0.3, 0.4) is 0 Å². The van der Waals surface area contributed by atoms with Crippen molar-refractivity contribution >= 4 is 23.0 Å². The van der Waals surface area contributed by atoms with Gasteiger partial charge in [0.15, 0.2) is 0 Å². The molecule has 0 radical (unpaired) electrons. The first-order valence-electron chi connectivity index (χ1n) is 8.06. The average Bonchev–Trinajstić information content (AvgIpc) is 3.12. The van der Waals surface area contributed by atoms with Crippen LogP contribution in [-0.4, -0.2) is 13.0 Å². The minimum atomic E-state index is 0.151. The van der Waals surface area contributed by atoms with E-state index in [1.54, 1.807) is 7.11 Å². The molecule has 2 N–H and O–H groups in total. The molecule has 1 amide bonds. The Morgan fingerprint density at radius 2 is 1.43 bits per heavy atom. The molecule has 0 spiro atoms. The molecule has 3 rings (SSSR count). The fraction of sp³-hybridized carbons (Fsp3) is 0.316. The van der Waals surface area contributed by atoms with Gasteiger partial charge in [-0.25, -0.2) is 0 Å². The van der Waals surface area contributed by atoms with Crippen LogP contribution in [-0.2, 0) is 4.79 Å². The van der Waals surface area contributed by atoms with Crippen molar-refractivity contribution in [2.24, 2.45) is 5.92 Å². The maximum absolute atomic E-state index is 12.1. The topological polar surface area (TPSA) is 50.4 Å². The van der Waals surface area contributed by atoms with E-state index in [0.717, 1.165) is 35.7 Å². The Balaban J connectivity index is 1.58. The fourth-order valence-electron chi connectivity index (χ4n) is 2.91. The van der Waals surface area contributed by atoms with E-state index in [2.05, 4.69) is 10.6 Å². The van der Waals surface area contributed by atoms with Crippen molar-refractivity contribution in [3.8, 4) is 5.75 Å². The van der Waals surface area contributed by atoms with E-state index in [-0.39, 0.29) is 11.8 Å². The molecule has 2 aromatic rings. The number of hydrogen-bond donors (Lipinski definition) is 2. The highest BCUT2D eigenvalue weighted by atomic mass is 16.5. The van der Waals surface area contributed by atoms with E-state index in [1.807, 2.05) is 48.5 Å². The van der Waals surface area contributed by atoms with E-state index >= 15 is 0 Å². The number of anilines is 3. The van der Waals surface area contributed by atoms with Gasteiger partial charge < -0.3 is 15.4 Å². The van der Waals surface area contributed by atoms with Gasteiger partial charge in [-0.05, 0) is 61.4 Å². The van der Waals surface area contributed by atoms with E-state index in [1.165, 1.54) is 12.8 Å². The van der Waals surface area contributed by atoms with Crippen molar-refractivity contribution in [1.82, 2.24) is 0 Å². The van der Waals surface area contributed by atoms with Crippen molar-refractivity contribution in [3.05, 3.63) is 48.5 Å². The summed E-state index contributed by atoms with van der Waals surface area (Å²) >= 11 is 0. The molecule has 2 aromatic carbocycles. The van der Waals surface area contributed by atoms with Crippen molar-refractivity contribution < 1.29 is 9.53 Å². The van der Waals surface area contributed by atoms with E-state index in [0.29, 0.717) is 0 Å². The molecule has 4 heteroatoms. The monoisotopic (exact) mass is 310 g/mol. The smallest absolute Gasteiger partial charge is 0.227 e. The average molecular weight is 310 g/mol. The molecule has 0 heterocycles. The van der Waals surface area contributed by atoms with E-state index < -0.39 is 0 Å². The number of nitrogens with one attached hydrogen (secondary N) is 2. The Hall–Kier alpha value is -2.49. The minimum absolute atomic E-state index is 0.151. The summed E-state index contributed by atoms with van der Waals surface area (Å²) in [5, 5.41) is 6.33. The van der Waals surface area contributed by atoms with Gasteiger partial charge in [0.25, 0.3) is 0 Å². The molecule has 0 unspecified atom stereocenters. The first-order valence-corrected chi connectivity index (χ1v) is 8.06. The summed E-state index contributed by atoms with van der Waals surface area (Å²) < 4.78 is 5.15. The summed E-state index contributed by atoms with van der Waals surface area (Å²) in [6.07, 6.45) is 4.37. The van der Waals surface area contributed by atoms with Gasteiger partial charge in [0, 0.05) is 23.0 Å². The Morgan fingerprint density at radius 3 is 2.00 bits per heavy atom. The summed E-state index contributed by atoms with van der Waals surface area (Å²) in [7, 11) is 1.65. The lowest BCUT2D eigenvalue weighted by atomic mass is 10.1. The third-order valence-electron chi connectivity index (χ3n) is 4.26. The molecule has 4 nitrogen and oxygen atoms in total. The second kappa shape index (κ2) is 7.18. The van der Waals surface area contributed by atoms with Crippen LogP contribution >= 0.6 is 0 Å². The zero-order valence-corrected chi connectivity index (χ0v) is 13.3. The van der Waals surface area contributed by atoms with Gasteiger partial charge in [0.2, 0.25) is 5.91 Å². The highest BCUT2D eigenvalue weighted by Gasteiger charge is 2.22. The van der Waals surface area contributed by atoms with E-state index in [4.69, 9.17) is 4.74 Å². The van der Waals surface area contributed by atoms with Gasteiger partial charge in [-0.15, -0.1) is 0 Å². The Bertz CT molecular complexity index is 644. The highest BCUT2D eigenvalue weighted by Crippen LogP contribution is 2.26. The zero-order chi connectivity index (χ0) is 16.1. The zero-order valence-electron chi connectivity index (χ0n) is 13.3. The first kappa shape index (κ1) is 15.4. The second-order valence-electron chi connectivity index (χ2n) is 5.90. The SMILES string of the molecule is COc1ccc(Nc2ccc(NC(=O)C3CCCC3)cc2)cc1. The molecule has 1 fully saturated rings. The maximum Gasteiger partial charge on any atom is 0.227 e. The molecule has 0 aromatic heterocycles. The van der Waals surface area contributed by atoms with Crippen LogP contribution in [0.2, 0.25) is 0 Å². The molecule has 1 aliphatic rings. The van der Waals surface area contributed by atoms with Gasteiger partial charge in [-0.3, -0.25) is 4.79 Å². The molecule has 23 heavy (non-hydrogen) atoms. The van der Waals surface area contributed by atoms with Crippen LogP contribution in [0.25, 0.3) is 0 Å². The number of ether oxygens (including phenoxy) is 1. The number of hydrogen-bond acceptors (Lipinski definition) is 3. The highest BCUT2D eigenvalue weighted by molar-refractivity contribution is 5.92. The molecular weight excluding hydrogens is 288 g/mol. The molecule has 0 saturated heterocycles. The van der Waals surface area contributed by atoms with Crippen LogP contribution < -0.4 is 15.4 Å². The summed E-state index contributed by atoms with van der Waals surface area (Å²) in [5.74, 6) is 1.17. The molecule has 120 valence electrons. The van der Waals surface area contributed by atoms with Gasteiger partial charge >= 0.3 is 0 Å². The summed E-state index contributed by atoms with van der Waals surface area (Å²) in [6.45, 7) is 0. The lowest BCUT2D eigenvalue weighted by molar-refractivity contribution is -0.119. The predicted octanol–water partition coefficient (Wildman–Crippen LogP) is 4.57. The number of benzene rings is 2. The molecule has 0 aliphatic heterocycles. The summed E-state index contributed by atoms with van der Waals surface area (Å²) in [5.41, 5.74) is 2.82. The van der Waals surface area contributed by atoms with Crippen LogP contribution in [0.5, 0.6) is 5.75 Å². The lowest BCUT2D eigenvalue weighted by Crippen LogP contribution is -2.20. The third kappa shape index (κ3) is 4.03. The number of carbonyl (C=O) groups excluding carboxylic acids is 1. The van der Waals surface area contributed by atoms with Crippen molar-refractivity contribution in [2.45, 2.75) is 25.7 Å². The number of rotatable bonds is 5. The van der Waals surface area contributed by atoms with Gasteiger partial charge in [0.05, 0.1) is 7.11 Å². The molecule has 0 atom stereocenters. The quantitative estimate of drug-likeness (QED) is 0.850. The number of carbonyl (C=O) groups is 1. The lowest BCUT2D eigenvalue weighted by Gasteiger charge is -2.11. The number of amides is 1. The van der Waals surface area contributed by atoms with Gasteiger partial charge in [0.1, 0.15) is 5.75 Å². The normalized spacial score (nSPS) is 14.5. The fourth-order valence-corrected chi connectivity index (χ4v) is 2.91. The number of methoxy groups -OCH3 is 1. The van der Waals surface area contributed by atoms with Crippen LogP contribution in [0.1, 0.15) is 25.7 Å². The van der Waals surface area contributed by atoms with Crippen LogP contribution in [0, 0.1) is 5.92 Å². The Morgan fingerprint density at radius 1 is 0.913 bits per heavy atom. The van der Waals surface area contributed by atoms with Crippen LogP contribution in [0.4, 0.5) is 17.1 Å². The molecular formula is C19H22N2O2. The van der Waals surface area contributed by atoms with Crippen molar-refractivity contribution in [1.29, 1.82) is 0 Å². The largest absolute Gasteiger partial charge is 0.497 e. The Kier molecular flexibility index (Phi) is 4.81. The van der Waals surface area contributed by atoms with Crippen molar-refractivity contribution in [2.75, 3.05) is 17.7 Å². The van der Waals surface area contributed by atoms with E-state index in [9.17, 15) is 4.79 Å². The van der Waals surface area contributed by atoms with Gasteiger partial charge in [-0.1, -0.05) is 12.8 Å². The van der Waals surface area contributed by atoms with Crippen molar-refractivity contribution in [3.63, 3.8) is 0 Å². The standard InChI is InChI=1S/C19H22N2O2/c1-23-18-12-10-16(11-13-18)20-15-6-8-17(9-7-15)21-19(22)14-4-2-3-5-14/h6-14,20H,2-5H2,1H3,(H,21,22). The summed E-state index contributed by atoms with van der Waals surface area (Å²) in [4.78, 5) is 12.1. The third-order valence-corrected chi connectivity index (χ3v) is 4.26. The molecule has 0 bridgehead atoms. The molecule has 1 saturated carbocycles. The second-order valence-corrected chi connectivity index (χ2v) is 5.90.